The van der Waals surface area contributed by atoms with Crippen LogP contribution in [0, 0.1) is 13.8 Å². The highest BCUT2D eigenvalue weighted by Gasteiger charge is 2.34. The second-order valence-corrected chi connectivity index (χ2v) is 8.75. The van der Waals surface area contributed by atoms with Gasteiger partial charge in [-0.3, -0.25) is 9.36 Å². The van der Waals surface area contributed by atoms with E-state index in [1.807, 2.05) is 79.9 Å². The molecule has 1 atom stereocenters. The van der Waals surface area contributed by atoms with Crippen molar-refractivity contribution in [2.75, 3.05) is 17.7 Å². The number of imidazole rings is 1. The maximum atomic E-state index is 13.8. The van der Waals surface area contributed by atoms with Gasteiger partial charge in [-0.05, 0) is 62.2 Å². The number of esters is 1. The Kier molecular flexibility index (Phi) is 5.61. The summed E-state index contributed by atoms with van der Waals surface area (Å²) in [6, 6.07) is 20.5. The molecule has 1 unspecified atom stereocenters. The van der Waals surface area contributed by atoms with Gasteiger partial charge in [-0.25, -0.2) is 9.78 Å². The molecule has 7 nitrogen and oxygen atoms in total. The van der Waals surface area contributed by atoms with Crippen molar-refractivity contribution < 1.29 is 14.3 Å². The van der Waals surface area contributed by atoms with Crippen LogP contribution in [0.4, 0.5) is 11.6 Å². The second kappa shape index (κ2) is 8.76. The first-order valence-corrected chi connectivity index (χ1v) is 11.4. The number of benzene rings is 3. The number of rotatable bonds is 4. The van der Waals surface area contributed by atoms with Crippen molar-refractivity contribution in [1.82, 2.24) is 9.55 Å². The van der Waals surface area contributed by atoms with Crippen LogP contribution < -0.4 is 10.6 Å². The Labute approximate surface area is 203 Å². The van der Waals surface area contributed by atoms with Crippen LogP contribution in [-0.2, 0) is 9.53 Å². The van der Waals surface area contributed by atoms with Crippen LogP contribution >= 0.6 is 0 Å². The van der Waals surface area contributed by atoms with Gasteiger partial charge < -0.3 is 15.4 Å². The van der Waals surface area contributed by atoms with Crippen LogP contribution in [-0.4, -0.2) is 28.5 Å². The van der Waals surface area contributed by atoms with Crippen LogP contribution in [0.25, 0.3) is 11.0 Å². The van der Waals surface area contributed by atoms with E-state index >= 15 is 0 Å². The third-order valence-corrected chi connectivity index (χ3v) is 6.35. The number of ether oxygens (including phenoxy) is 1. The zero-order chi connectivity index (χ0) is 24.7. The largest absolute Gasteiger partial charge is 0.465 e. The minimum absolute atomic E-state index is 0.201. The van der Waals surface area contributed by atoms with E-state index in [1.165, 1.54) is 7.11 Å². The fraction of sp³-hybridized carbons (Fsp3) is 0.179. The second-order valence-electron chi connectivity index (χ2n) is 8.75. The predicted octanol–water partition coefficient (Wildman–Crippen LogP) is 5.37. The van der Waals surface area contributed by atoms with Crippen molar-refractivity contribution in [3.8, 4) is 0 Å². The summed E-state index contributed by atoms with van der Waals surface area (Å²) in [5, 5.41) is 6.43. The van der Waals surface area contributed by atoms with Crippen LogP contribution in [0.3, 0.4) is 0 Å². The molecule has 1 aromatic heterocycles. The zero-order valence-electron chi connectivity index (χ0n) is 20.0. The Morgan fingerprint density at radius 2 is 1.74 bits per heavy atom. The number of methoxy groups -OCH3 is 1. The average Bonchev–Trinajstić information content (AvgIpc) is 3.22. The Hall–Kier alpha value is -4.39. The summed E-state index contributed by atoms with van der Waals surface area (Å²) in [4.78, 5) is 30.5. The number of aromatic nitrogens is 2. The Morgan fingerprint density at radius 3 is 2.46 bits per heavy atom. The summed E-state index contributed by atoms with van der Waals surface area (Å²) in [6.45, 7) is 5.89. The molecule has 2 N–H and O–H groups in total. The molecule has 176 valence electrons. The third kappa shape index (κ3) is 3.95. The number of nitrogens with zero attached hydrogens (tertiary/aromatic N) is 2. The number of hydrogen-bond acceptors (Lipinski definition) is 5. The van der Waals surface area contributed by atoms with Crippen molar-refractivity contribution in [3.05, 3.63) is 100 Å². The summed E-state index contributed by atoms with van der Waals surface area (Å²) in [6.07, 6.45) is 0. The van der Waals surface area contributed by atoms with E-state index in [-0.39, 0.29) is 5.91 Å². The van der Waals surface area contributed by atoms with Gasteiger partial charge in [0.05, 0.1) is 35.3 Å². The molecule has 3 aromatic carbocycles. The molecular weight excluding hydrogens is 440 g/mol. The highest BCUT2D eigenvalue weighted by Crippen LogP contribution is 2.39. The SMILES string of the molecule is COC(=O)c1ccc(C2C(C(=O)Nc3ccc(C)cc3C)=C(C)Nc3nc4ccccc4n32)cc1. The van der Waals surface area contributed by atoms with Gasteiger partial charge in [-0.2, -0.15) is 0 Å². The fourth-order valence-electron chi connectivity index (χ4n) is 4.64. The molecular formula is C28H26N4O3. The molecule has 2 heterocycles. The van der Waals surface area contributed by atoms with Crippen LogP contribution in [0.5, 0.6) is 0 Å². The molecule has 0 saturated carbocycles. The molecule has 35 heavy (non-hydrogen) atoms. The van der Waals surface area contributed by atoms with Crippen LogP contribution in [0.2, 0.25) is 0 Å². The number of hydrogen-bond donors (Lipinski definition) is 2. The number of nitrogens with one attached hydrogen (secondary N) is 2. The summed E-state index contributed by atoms with van der Waals surface area (Å²) in [5.74, 6) is 0.0522. The normalized spacial score (nSPS) is 14.9. The zero-order valence-corrected chi connectivity index (χ0v) is 20.0. The van der Waals surface area contributed by atoms with E-state index in [0.717, 1.165) is 39.1 Å². The Balaban J connectivity index is 1.64. The first-order valence-electron chi connectivity index (χ1n) is 11.4. The molecule has 1 aliphatic heterocycles. The molecule has 4 aromatic rings. The molecule has 0 aliphatic carbocycles. The molecule has 1 amide bonds. The Bertz CT molecular complexity index is 1500. The van der Waals surface area contributed by atoms with Gasteiger partial charge in [-0.1, -0.05) is 42.0 Å². The number of allylic oxidation sites excluding steroid dienone is 1. The summed E-state index contributed by atoms with van der Waals surface area (Å²) >= 11 is 0. The molecule has 7 heteroatoms. The number of carbonyl (C=O) groups is 2. The summed E-state index contributed by atoms with van der Waals surface area (Å²) in [5.41, 5.74) is 7.22. The molecule has 0 bridgehead atoms. The quantitative estimate of drug-likeness (QED) is 0.395. The van der Waals surface area contributed by atoms with Gasteiger partial charge in [0.1, 0.15) is 0 Å². The number of carbonyl (C=O) groups excluding carboxylic acids is 2. The van der Waals surface area contributed by atoms with E-state index < -0.39 is 12.0 Å². The minimum Gasteiger partial charge on any atom is -0.465 e. The lowest BCUT2D eigenvalue weighted by atomic mass is 9.93. The van der Waals surface area contributed by atoms with Crippen LogP contribution in [0.15, 0.2) is 78.0 Å². The molecule has 5 rings (SSSR count). The van der Waals surface area contributed by atoms with Crippen molar-refractivity contribution in [2.24, 2.45) is 0 Å². The molecule has 1 aliphatic rings. The number of anilines is 2. The number of fused-ring (bicyclic) bond motifs is 3. The fourth-order valence-corrected chi connectivity index (χ4v) is 4.64. The van der Waals surface area contributed by atoms with Crippen LogP contribution in [0.1, 0.15) is 40.0 Å². The molecule has 0 spiro atoms. The number of para-hydroxylation sites is 2. The van der Waals surface area contributed by atoms with Crippen molar-refractivity contribution in [3.63, 3.8) is 0 Å². The van der Waals surface area contributed by atoms with E-state index in [1.54, 1.807) is 12.1 Å². The average molecular weight is 467 g/mol. The standard InChI is InChI=1S/C28H26N4O3/c1-16-9-14-21(17(2)15-16)30-26(33)24-18(3)29-28-31-22-7-5-6-8-23(22)32(28)25(24)19-10-12-20(13-11-19)27(34)35-4/h5-15,25H,1-4H3,(H,29,31)(H,30,33). The lowest BCUT2D eigenvalue weighted by molar-refractivity contribution is -0.113. The monoisotopic (exact) mass is 466 g/mol. The highest BCUT2D eigenvalue weighted by molar-refractivity contribution is 6.06. The van der Waals surface area contributed by atoms with Crippen molar-refractivity contribution >= 4 is 34.5 Å². The van der Waals surface area contributed by atoms with Gasteiger partial charge in [-0.15, -0.1) is 0 Å². The van der Waals surface area contributed by atoms with E-state index in [2.05, 4.69) is 10.6 Å². The smallest absolute Gasteiger partial charge is 0.337 e. The number of amides is 1. The first-order chi connectivity index (χ1) is 16.9. The Morgan fingerprint density at radius 1 is 1.00 bits per heavy atom. The lowest BCUT2D eigenvalue weighted by Gasteiger charge is -2.31. The minimum atomic E-state index is -0.448. The number of aryl methyl sites for hydroxylation is 2. The van der Waals surface area contributed by atoms with Gasteiger partial charge in [0, 0.05) is 11.4 Å². The van der Waals surface area contributed by atoms with E-state index in [4.69, 9.17) is 9.72 Å². The van der Waals surface area contributed by atoms with Gasteiger partial charge >= 0.3 is 5.97 Å². The topological polar surface area (TPSA) is 85.2 Å². The molecule has 0 saturated heterocycles. The maximum absolute atomic E-state index is 13.8. The van der Waals surface area contributed by atoms with Crippen molar-refractivity contribution in [1.29, 1.82) is 0 Å². The highest BCUT2D eigenvalue weighted by atomic mass is 16.5. The van der Waals surface area contributed by atoms with E-state index in [9.17, 15) is 9.59 Å². The molecule has 0 fully saturated rings. The predicted molar refractivity (Wildman–Crippen MR) is 137 cm³/mol. The van der Waals surface area contributed by atoms with Crippen molar-refractivity contribution in [2.45, 2.75) is 26.8 Å². The first kappa shape index (κ1) is 22.4. The van der Waals surface area contributed by atoms with Gasteiger partial charge in [0.25, 0.3) is 5.91 Å². The van der Waals surface area contributed by atoms with Gasteiger partial charge in [0.2, 0.25) is 5.95 Å². The third-order valence-electron chi connectivity index (χ3n) is 6.35. The summed E-state index contributed by atoms with van der Waals surface area (Å²) in [7, 11) is 1.36. The van der Waals surface area contributed by atoms with Gasteiger partial charge in [0.15, 0.2) is 0 Å². The molecule has 0 radical (unpaired) electrons. The lowest BCUT2D eigenvalue weighted by Crippen LogP contribution is -2.31. The summed E-state index contributed by atoms with van der Waals surface area (Å²) < 4.78 is 6.88. The maximum Gasteiger partial charge on any atom is 0.337 e. The van der Waals surface area contributed by atoms with E-state index in [0.29, 0.717) is 17.1 Å².